The molecule has 4 fully saturated rings. The summed E-state index contributed by atoms with van der Waals surface area (Å²) in [6.45, 7) is 29.2. The monoisotopic (exact) mass is 552 g/mol. The summed E-state index contributed by atoms with van der Waals surface area (Å²) >= 11 is 0. The number of hydrogen-bond acceptors (Lipinski definition) is 3. The quantitative estimate of drug-likeness (QED) is 0.295. The fraction of sp³-hybridized carbons (Fsp3) is 1.00. The van der Waals surface area contributed by atoms with Gasteiger partial charge in [-0.1, -0.05) is 13.8 Å². The van der Waals surface area contributed by atoms with Gasteiger partial charge in [0.15, 0.2) is 25.0 Å². The molecule has 4 aliphatic rings. The first kappa shape index (κ1) is 29.5. The van der Waals surface area contributed by atoms with Crippen molar-refractivity contribution >= 4 is 25.0 Å². The van der Waals surface area contributed by atoms with Crippen LogP contribution in [-0.4, -0.2) is 43.3 Å². The Kier molecular flexibility index (Phi) is 8.09. The van der Waals surface area contributed by atoms with Crippen LogP contribution < -0.4 is 0 Å². The van der Waals surface area contributed by atoms with Crippen LogP contribution in [0.25, 0.3) is 0 Å². The molecule has 0 N–H and O–H groups in total. The lowest BCUT2D eigenvalue weighted by Crippen LogP contribution is -2.61. The molecule has 4 rings (SSSR count). The molecule has 4 aliphatic carbocycles. The minimum Gasteiger partial charge on any atom is -0.415 e. The highest BCUT2D eigenvalue weighted by molar-refractivity contribution is 6.70. The van der Waals surface area contributed by atoms with Crippen LogP contribution in [0, 0.1) is 40.4 Å². The Labute approximate surface area is 227 Å². The van der Waals surface area contributed by atoms with Crippen LogP contribution >= 0.6 is 0 Å². The average molecular weight is 553 g/mol. The molecular formula is C30H60O3Si3. The Hall–Kier alpha value is 0.531. The van der Waals surface area contributed by atoms with Gasteiger partial charge in [-0.15, -0.1) is 0 Å². The summed E-state index contributed by atoms with van der Waals surface area (Å²) in [7, 11) is -4.72. The third kappa shape index (κ3) is 5.99. The van der Waals surface area contributed by atoms with E-state index in [1.54, 1.807) is 0 Å². The van der Waals surface area contributed by atoms with E-state index in [0.29, 0.717) is 35.1 Å². The number of hydrogen-bond donors (Lipinski definition) is 0. The smallest absolute Gasteiger partial charge is 0.184 e. The van der Waals surface area contributed by atoms with E-state index in [9.17, 15) is 0 Å². The minimum atomic E-state index is -1.66. The molecule has 4 saturated carbocycles. The van der Waals surface area contributed by atoms with Gasteiger partial charge in [0.2, 0.25) is 0 Å². The minimum absolute atomic E-state index is 0.353. The van der Waals surface area contributed by atoms with Gasteiger partial charge in [0.1, 0.15) is 0 Å². The lowest BCUT2D eigenvalue weighted by atomic mass is 9.44. The van der Waals surface area contributed by atoms with Crippen molar-refractivity contribution in [2.75, 3.05) is 0 Å². The summed E-state index contributed by atoms with van der Waals surface area (Å²) in [6, 6.07) is 0. The Morgan fingerprint density at radius 1 is 0.722 bits per heavy atom. The van der Waals surface area contributed by atoms with Crippen molar-refractivity contribution in [1.29, 1.82) is 0 Å². The van der Waals surface area contributed by atoms with Crippen LogP contribution in [-0.2, 0) is 13.3 Å². The zero-order valence-electron chi connectivity index (χ0n) is 26.0. The topological polar surface area (TPSA) is 27.7 Å². The van der Waals surface area contributed by atoms with Gasteiger partial charge < -0.3 is 13.3 Å². The zero-order chi connectivity index (χ0) is 26.9. The molecule has 0 aromatic rings. The summed E-state index contributed by atoms with van der Waals surface area (Å²) in [4.78, 5) is 0. The average Bonchev–Trinajstić information content (AvgIpc) is 3.01. The van der Waals surface area contributed by atoms with Crippen LogP contribution in [0.5, 0.6) is 0 Å². The molecule has 6 heteroatoms. The van der Waals surface area contributed by atoms with Gasteiger partial charge in [0.05, 0.1) is 0 Å². The SMILES string of the molecule is CC(O[Si](C)(C)C)C1CCC2C3CCC4CC(O[Si](C)(C)C)CCC4(C)C3C(O[Si](C)(C)C)CC12C. The van der Waals surface area contributed by atoms with E-state index < -0.39 is 25.0 Å². The van der Waals surface area contributed by atoms with E-state index in [4.69, 9.17) is 13.3 Å². The fourth-order valence-corrected chi connectivity index (χ4v) is 13.6. The largest absolute Gasteiger partial charge is 0.415 e. The second kappa shape index (κ2) is 9.87. The van der Waals surface area contributed by atoms with Crippen LogP contribution in [0.2, 0.25) is 58.9 Å². The molecule has 10 unspecified atom stereocenters. The first-order valence-corrected chi connectivity index (χ1v) is 25.6. The summed E-state index contributed by atoms with van der Waals surface area (Å²) in [5.41, 5.74) is 0.762. The van der Waals surface area contributed by atoms with Gasteiger partial charge in [-0.2, -0.15) is 0 Å². The lowest BCUT2D eigenvalue weighted by Gasteiger charge is -2.64. The molecule has 0 amide bonds. The molecule has 36 heavy (non-hydrogen) atoms. The number of fused-ring (bicyclic) bond motifs is 5. The molecule has 0 spiro atoms. The lowest BCUT2D eigenvalue weighted by molar-refractivity contribution is -0.175. The summed E-state index contributed by atoms with van der Waals surface area (Å²) in [6.07, 6.45) is 12.0. The van der Waals surface area contributed by atoms with E-state index >= 15 is 0 Å². The predicted octanol–water partition coefficient (Wildman–Crippen LogP) is 8.94. The summed E-state index contributed by atoms with van der Waals surface area (Å²) in [5.74, 6) is 3.87. The van der Waals surface area contributed by atoms with Crippen molar-refractivity contribution in [2.24, 2.45) is 40.4 Å². The second-order valence-corrected chi connectivity index (χ2v) is 30.2. The van der Waals surface area contributed by atoms with Crippen molar-refractivity contribution in [2.45, 2.75) is 149 Å². The van der Waals surface area contributed by atoms with Crippen molar-refractivity contribution in [1.82, 2.24) is 0 Å². The Bertz CT molecular complexity index is 784. The van der Waals surface area contributed by atoms with E-state index in [0.717, 1.165) is 23.7 Å². The van der Waals surface area contributed by atoms with Crippen LogP contribution in [0.1, 0.15) is 72.1 Å². The standard InChI is InChI=1S/C30H60O3Si3/c1-21(31-34(4,5)6)25-15-16-26-24-14-13-22-19-23(32-35(7,8)9)17-18-29(22,2)28(24)27(20-30(25,26)3)33-36(10,11)12/h21-28H,13-20H2,1-12H3. The molecule has 0 heterocycles. The normalized spacial score (nSPS) is 44.5. The molecule has 210 valence electrons. The van der Waals surface area contributed by atoms with Crippen molar-refractivity contribution in [3.63, 3.8) is 0 Å². The third-order valence-corrected chi connectivity index (χ3v) is 13.9. The maximum atomic E-state index is 7.25. The van der Waals surface area contributed by atoms with Gasteiger partial charge in [-0.3, -0.25) is 0 Å². The van der Waals surface area contributed by atoms with E-state index in [2.05, 4.69) is 79.7 Å². The highest BCUT2D eigenvalue weighted by Gasteiger charge is 2.64. The molecular weight excluding hydrogens is 493 g/mol. The Morgan fingerprint density at radius 2 is 1.36 bits per heavy atom. The van der Waals surface area contributed by atoms with Crippen molar-refractivity contribution in [3.05, 3.63) is 0 Å². The summed E-state index contributed by atoms with van der Waals surface area (Å²) < 4.78 is 20.7. The maximum absolute atomic E-state index is 7.25. The molecule has 10 atom stereocenters. The van der Waals surface area contributed by atoms with Gasteiger partial charge in [-0.25, -0.2) is 0 Å². The zero-order valence-corrected chi connectivity index (χ0v) is 29.0. The second-order valence-electron chi connectivity index (χ2n) is 16.8. The molecule has 0 saturated heterocycles. The van der Waals surface area contributed by atoms with Crippen LogP contribution in [0.3, 0.4) is 0 Å². The molecule has 0 bridgehead atoms. The Morgan fingerprint density at radius 3 is 1.94 bits per heavy atom. The first-order valence-electron chi connectivity index (χ1n) is 15.4. The van der Waals surface area contributed by atoms with Gasteiger partial charge in [0, 0.05) is 18.3 Å². The van der Waals surface area contributed by atoms with Crippen molar-refractivity contribution in [3.8, 4) is 0 Å². The van der Waals surface area contributed by atoms with Gasteiger partial charge >= 0.3 is 0 Å². The third-order valence-electron chi connectivity index (χ3n) is 10.7. The molecule has 0 aromatic carbocycles. The molecule has 0 radical (unpaired) electrons. The first-order chi connectivity index (χ1) is 16.3. The highest BCUT2D eigenvalue weighted by atomic mass is 28.4. The van der Waals surface area contributed by atoms with E-state index in [1.165, 1.54) is 51.4 Å². The van der Waals surface area contributed by atoms with Crippen molar-refractivity contribution < 1.29 is 13.3 Å². The van der Waals surface area contributed by atoms with Crippen LogP contribution in [0.15, 0.2) is 0 Å². The van der Waals surface area contributed by atoms with Gasteiger partial charge in [-0.05, 0) is 158 Å². The van der Waals surface area contributed by atoms with E-state index in [-0.39, 0.29) is 0 Å². The molecule has 0 aliphatic heterocycles. The predicted molar refractivity (Wildman–Crippen MR) is 161 cm³/mol. The fourth-order valence-electron chi connectivity index (χ4n) is 9.93. The Balaban J connectivity index is 1.63. The number of rotatable bonds is 7. The van der Waals surface area contributed by atoms with E-state index in [1.807, 2.05) is 0 Å². The molecule has 0 aromatic heterocycles. The maximum Gasteiger partial charge on any atom is 0.184 e. The summed E-state index contributed by atoms with van der Waals surface area (Å²) in [5, 5.41) is 0. The van der Waals surface area contributed by atoms with Crippen LogP contribution in [0.4, 0.5) is 0 Å². The molecule has 3 nitrogen and oxygen atoms in total. The highest BCUT2D eigenvalue weighted by Crippen LogP contribution is 2.68. The van der Waals surface area contributed by atoms with Gasteiger partial charge in [0.25, 0.3) is 0 Å².